The van der Waals surface area contributed by atoms with Gasteiger partial charge in [-0.1, -0.05) is 23.7 Å². The summed E-state index contributed by atoms with van der Waals surface area (Å²) in [4.78, 5) is 18.0. The maximum absolute atomic E-state index is 11.8. The van der Waals surface area contributed by atoms with E-state index in [-0.39, 0.29) is 5.69 Å². The van der Waals surface area contributed by atoms with Gasteiger partial charge in [0, 0.05) is 24.7 Å². The summed E-state index contributed by atoms with van der Waals surface area (Å²) in [6.45, 7) is 0. The zero-order chi connectivity index (χ0) is 15.6. The number of methoxy groups -OCH3 is 1. The van der Waals surface area contributed by atoms with Crippen molar-refractivity contribution >= 4 is 28.9 Å². The van der Waals surface area contributed by atoms with Crippen LogP contribution in [0.1, 0.15) is 10.5 Å². The van der Waals surface area contributed by atoms with Crippen molar-refractivity contribution in [2.24, 2.45) is 0 Å². The van der Waals surface area contributed by atoms with E-state index in [0.717, 1.165) is 5.56 Å². The third kappa shape index (κ3) is 3.08. The van der Waals surface area contributed by atoms with Crippen LogP contribution in [0.2, 0.25) is 5.02 Å². The first-order valence-electron chi connectivity index (χ1n) is 6.26. The van der Waals surface area contributed by atoms with Gasteiger partial charge in [-0.05, 0) is 18.2 Å². The number of rotatable bonds is 3. The number of aromatic nitrogens is 1. The predicted molar refractivity (Wildman–Crippen MR) is 84.8 cm³/mol. The van der Waals surface area contributed by atoms with Gasteiger partial charge in [-0.3, -0.25) is 0 Å². The first-order valence-corrected chi connectivity index (χ1v) is 6.64. The highest BCUT2D eigenvalue weighted by Gasteiger charge is 2.18. The van der Waals surface area contributed by atoms with Crippen LogP contribution in [0.4, 0.5) is 11.4 Å². The summed E-state index contributed by atoms with van der Waals surface area (Å²) in [7, 11) is 4.99. The lowest BCUT2D eigenvalue weighted by Gasteiger charge is -2.18. The molecule has 1 heterocycles. The zero-order valence-electron chi connectivity index (χ0n) is 12.1. The lowest BCUT2D eigenvalue weighted by Crippen LogP contribution is -2.16. The third-order valence-corrected chi connectivity index (χ3v) is 3.29. The Labute approximate surface area is 128 Å². The molecule has 0 fully saturated rings. The molecule has 2 rings (SSSR count). The van der Waals surface area contributed by atoms with Gasteiger partial charge in [0.2, 0.25) is 0 Å². The second kappa shape index (κ2) is 6.01. The van der Waals surface area contributed by atoms with Gasteiger partial charge >= 0.3 is 5.97 Å². The fourth-order valence-corrected chi connectivity index (χ4v) is 2.06. The van der Waals surface area contributed by atoms with E-state index < -0.39 is 5.97 Å². The summed E-state index contributed by atoms with van der Waals surface area (Å²) in [6, 6.07) is 9.03. The third-order valence-electron chi connectivity index (χ3n) is 3.04. The Morgan fingerprint density at radius 1 is 1.29 bits per heavy atom. The number of nitrogen functional groups attached to an aromatic ring is 1. The van der Waals surface area contributed by atoms with Crippen LogP contribution in [0.15, 0.2) is 30.3 Å². The summed E-state index contributed by atoms with van der Waals surface area (Å²) in [5, 5.41) is 0.634. The van der Waals surface area contributed by atoms with Crippen molar-refractivity contribution in [2.45, 2.75) is 0 Å². The maximum Gasteiger partial charge on any atom is 0.358 e. The summed E-state index contributed by atoms with van der Waals surface area (Å²) in [6.07, 6.45) is 0. The molecule has 6 heteroatoms. The molecule has 0 bridgehead atoms. The monoisotopic (exact) mass is 305 g/mol. The number of hydrogen-bond donors (Lipinski definition) is 1. The minimum absolute atomic E-state index is 0.105. The molecule has 0 amide bonds. The van der Waals surface area contributed by atoms with Gasteiger partial charge in [-0.2, -0.15) is 0 Å². The molecule has 0 aliphatic rings. The smallest absolute Gasteiger partial charge is 0.358 e. The van der Waals surface area contributed by atoms with Crippen LogP contribution in [0, 0.1) is 0 Å². The average Bonchev–Trinajstić information content (AvgIpc) is 2.47. The largest absolute Gasteiger partial charge is 0.464 e. The van der Waals surface area contributed by atoms with Gasteiger partial charge in [0.15, 0.2) is 5.69 Å². The van der Waals surface area contributed by atoms with Crippen molar-refractivity contribution in [2.75, 3.05) is 31.8 Å². The molecule has 0 unspecified atom stereocenters. The van der Waals surface area contributed by atoms with Crippen LogP contribution >= 0.6 is 11.6 Å². The molecule has 2 aromatic rings. The number of anilines is 2. The van der Waals surface area contributed by atoms with E-state index in [1.807, 2.05) is 37.2 Å². The van der Waals surface area contributed by atoms with Gasteiger partial charge in [0.1, 0.15) is 0 Å². The molecule has 110 valence electrons. The Hall–Kier alpha value is -2.27. The molecule has 0 saturated heterocycles. The van der Waals surface area contributed by atoms with Crippen molar-refractivity contribution < 1.29 is 9.53 Å². The minimum atomic E-state index is -0.564. The van der Waals surface area contributed by atoms with Gasteiger partial charge in [0.25, 0.3) is 0 Å². The molecular weight excluding hydrogens is 290 g/mol. The van der Waals surface area contributed by atoms with Crippen molar-refractivity contribution in [1.29, 1.82) is 0 Å². The Kier molecular flexibility index (Phi) is 4.33. The summed E-state index contributed by atoms with van der Waals surface area (Å²) in [5.41, 5.74) is 8.58. The van der Waals surface area contributed by atoms with Crippen LogP contribution in [-0.4, -0.2) is 32.2 Å². The Morgan fingerprint density at radius 3 is 2.43 bits per heavy atom. The number of nitrogens with two attached hydrogens (primary N) is 1. The molecule has 2 N–H and O–H groups in total. The lowest BCUT2D eigenvalue weighted by molar-refractivity contribution is 0.0595. The normalized spacial score (nSPS) is 10.3. The Balaban J connectivity index is 2.64. The Morgan fingerprint density at radius 2 is 1.90 bits per heavy atom. The van der Waals surface area contributed by atoms with E-state index >= 15 is 0 Å². The van der Waals surface area contributed by atoms with Crippen LogP contribution in [0.5, 0.6) is 0 Å². The number of nitrogens with zero attached hydrogens (tertiary/aromatic N) is 2. The summed E-state index contributed by atoms with van der Waals surface area (Å²) >= 11 is 5.89. The summed E-state index contributed by atoms with van der Waals surface area (Å²) < 4.78 is 4.74. The molecule has 1 aromatic heterocycles. The lowest BCUT2D eigenvalue weighted by atomic mass is 10.1. The number of halogens is 1. The first kappa shape index (κ1) is 15.1. The summed E-state index contributed by atoms with van der Waals surface area (Å²) in [5.74, 6) is -0.564. The highest BCUT2D eigenvalue weighted by molar-refractivity contribution is 6.30. The quantitative estimate of drug-likeness (QED) is 0.883. The van der Waals surface area contributed by atoms with Crippen molar-refractivity contribution in [1.82, 2.24) is 4.98 Å². The highest BCUT2D eigenvalue weighted by atomic mass is 35.5. The van der Waals surface area contributed by atoms with Crippen molar-refractivity contribution in [3.8, 4) is 11.3 Å². The van der Waals surface area contributed by atoms with Gasteiger partial charge < -0.3 is 15.4 Å². The molecule has 0 saturated carbocycles. The predicted octanol–water partition coefficient (Wildman–Crippen LogP) is 2.84. The van der Waals surface area contributed by atoms with E-state index in [9.17, 15) is 4.79 Å². The topological polar surface area (TPSA) is 68.5 Å². The fourth-order valence-electron chi connectivity index (χ4n) is 1.93. The van der Waals surface area contributed by atoms with E-state index in [1.165, 1.54) is 7.11 Å². The maximum atomic E-state index is 11.8. The van der Waals surface area contributed by atoms with E-state index in [1.54, 1.807) is 12.1 Å². The Bertz CT molecular complexity index is 669. The molecule has 21 heavy (non-hydrogen) atoms. The van der Waals surface area contributed by atoms with Gasteiger partial charge in [-0.15, -0.1) is 0 Å². The average molecular weight is 306 g/mol. The second-order valence-corrected chi connectivity index (χ2v) is 5.12. The number of hydrogen-bond acceptors (Lipinski definition) is 5. The molecule has 0 aliphatic carbocycles. The van der Waals surface area contributed by atoms with Gasteiger partial charge in [0.05, 0.1) is 24.2 Å². The van der Waals surface area contributed by atoms with Crippen LogP contribution < -0.4 is 10.6 Å². The number of esters is 1. The number of carbonyl (C=O) groups excluding carboxylic acids is 1. The van der Waals surface area contributed by atoms with Crippen LogP contribution in [-0.2, 0) is 4.74 Å². The van der Waals surface area contributed by atoms with E-state index in [4.69, 9.17) is 22.1 Å². The standard InChI is InChI=1S/C15H16ClN3O2/c1-19(2)12-8-11(9-4-6-10(16)7-5-9)18-14(13(12)17)15(20)21-3/h4-8H,17H2,1-3H3. The first-order chi connectivity index (χ1) is 9.93. The molecule has 0 radical (unpaired) electrons. The van der Waals surface area contributed by atoms with E-state index in [0.29, 0.717) is 22.1 Å². The second-order valence-electron chi connectivity index (χ2n) is 4.68. The number of carbonyl (C=O) groups is 1. The van der Waals surface area contributed by atoms with Crippen LogP contribution in [0.25, 0.3) is 11.3 Å². The number of pyridine rings is 1. The minimum Gasteiger partial charge on any atom is -0.464 e. The van der Waals surface area contributed by atoms with Crippen molar-refractivity contribution in [3.63, 3.8) is 0 Å². The molecule has 0 spiro atoms. The molecule has 0 aliphatic heterocycles. The molecule has 5 nitrogen and oxygen atoms in total. The SMILES string of the molecule is COC(=O)c1nc(-c2ccc(Cl)cc2)cc(N(C)C)c1N. The van der Waals surface area contributed by atoms with Crippen LogP contribution in [0.3, 0.4) is 0 Å². The van der Waals surface area contributed by atoms with Crippen molar-refractivity contribution in [3.05, 3.63) is 41.0 Å². The number of ether oxygens (including phenoxy) is 1. The number of benzene rings is 1. The fraction of sp³-hybridized carbons (Fsp3) is 0.200. The molecule has 0 atom stereocenters. The van der Waals surface area contributed by atoms with E-state index in [2.05, 4.69) is 4.98 Å². The van der Waals surface area contributed by atoms with Gasteiger partial charge in [-0.25, -0.2) is 9.78 Å². The highest BCUT2D eigenvalue weighted by Crippen LogP contribution is 2.30. The molecule has 1 aromatic carbocycles. The molecular formula is C15H16ClN3O2. The zero-order valence-corrected chi connectivity index (χ0v) is 12.8.